The molecule has 0 bridgehead atoms. The van der Waals surface area contributed by atoms with E-state index in [0.29, 0.717) is 30.0 Å². The first-order chi connectivity index (χ1) is 15.4. The fourth-order valence-electron chi connectivity index (χ4n) is 7.98. The monoisotopic (exact) mass is 429 g/mol. The molecule has 3 nitrogen and oxygen atoms in total. The highest BCUT2D eigenvalue weighted by atomic mass is 16.5. The highest BCUT2D eigenvalue weighted by Gasteiger charge is 2.63. The van der Waals surface area contributed by atoms with Crippen molar-refractivity contribution in [3.8, 4) is 0 Å². The lowest BCUT2D eigenvalue weighted by Gasteiger charge is -2.54. The van der Waals surface area contributed by atoms with Gasteiger partial charge in [-0.05, 0) is 85.3 Å². The minimum Gasteiger partial charge on any atom is -0.378 e. The van der Waals surface area contributed by atoms with Gasteiger partial charge in [-0.25, -0.2) is 0 Å². The van der Waals surface area contributed by atoms with Gasteiger partial charge in [0.15, 0.2) is 5.78 Å². The maximum atomic E-state index is 12.2. The van der Waals surface area contributed by atoms with Crippen molar-refractivity contribution in [1.82, 2.24) is 0 Å². The SMILES string of the molecule is CN(C)c1ccc([C@H]2C[C@@]3(C)[C@@H](CC[C@@]34C=CCO4)[C@@H]3CCC4=CC(=O)CCC4=C32)cc1. The second-order valence-corrected chi connectivity index (χ2v) is 11.1. The first-order valence-corrected chi connectivity index (χ1v) is 12.5. The Kier molecular flexibility index (Phi) is 4.60. The van der Waals surface area contributed by atoms with E-state index in [1.165, 1.54) is 35.2 Å². The zero-order chi connectivity index (χ0) is 22.1. The van der Waals surface area contributed by atoms with Crippen LogP contribution in [0.3, 0.4) is 0 Å². The van der Waals surface area contributed by atoms with Crippen molar-refractivity contribution in [1.29, 1.82) is 0 Å². The lowest BCUT2D eigenvalue weighted by Crippen LogP contribution is -2.51. The van der Waals surface area contributed by atoms with Crippen molar-refractivity contribution in [2.45, 2.75) is 63.4 Å². The smallest absolute Gasteiger partial charge is 0.156 e. The highest BCUT2D eigenvalue weighted by Crippen LogP contribution is 2.68. The first kappa shape index (κ1) is 20.5. The van der Waals surface area contributed by atoms with Crippen LogP contribution in [-0.4, -0.2) is 32.1 Å². The molecule has 5 atom stereocenters. The Morgan fingerprint density at radius 2 is 1.88 bits per heavy atom. The Morgan fingerprint density at radius 3 is 2.59 bits per heavy atom. The number of nitrogens with zero attached hydrogens (tertiary/aromatic N) is 1. The quantitative estimate of drug-likeness (QED) is 0.542. The third-order valence-electron chi connectivity index (χ3n) is 9.55. The van der Waals surface area contributed by atoms with Crippen molar-refractivity contribution in [2.24, 2.45) is 17.3 Å². The molecule has 6 rings (SSSR count). The molecule has 2 saturated carbocycles. The van der Waals surface area contributed by atoms with Crippen LogP contribution in [0.2, 0.25) is 0 Å². The fraction of sp³-hybridized carbons (Fsp3) is 0.552. The van der Waals surface area contributed by atoms with Crippen LogP contribution in [0.4, 0.5) is 5.69 Å². The number of fused-ring (bicyclic) bond motifs is 5. The van der Waals surface area contributed by atoms with Crippen LogP contribution < -0.4 is 4.90 Å². The number of allylic oxidation sites excluding steroid dienone is 4. The van der Waals surface area contributed by atoms with Gasteiger partial charge in [-0.1, -0.05) is 36.8 Å². The molecule has 5 aliphatic rings. The van der Waals surface area contributed by atoms with Gasteiger partial charge in [-0.15, -0.1) is 0 Å². The lowest BCUT2D eigenvalue weighted by atomic mass is 9.51. The average molecular weight is 430 g/mol. The van der Waals surface area contributed by atoms with E-state index >= 15 is 0 Å². The zero-order valence-electron chi connectivity index (χ0n) is 19.7. The van der Waals surface area contributed by atoms with Crippen LogP contribution >= 0.6 is 0 Å². The molecule has 4 aliphatic carbocycles. The van der Waals surface area contributed by atoms with E-state index in [-0.39, 0.29) is 11.0 Å². The average Bonchev–Trinajstić information content (AvgIpc) is 3.39. The summed E-state index contributed by atoms with van der Waals surface area (Å²) in [6.45, 7) is 3.29. The van der Waals surface area contributed by atoms with Crippen molar-refractivity contribution in [3.63, 3.8) is 0 Å². The second kappa shape index (κ2) is 7.18. The summed E-state index contributed by atoms with van der Waals surface area (Å²) in [5, 5.41) is 0. The Morgan fingerprint density at radius 1 is 1.06 bits per heavy atom. The van der Waals surface area contributed by atoms with Gasteiger partial charge in [0.1, 0.15) is 0 Å². The molecule has 168 valence electrons. The number of rotatable bonds is 2. The molecular formula is C29H35NO2. The summed E-state index contributed by atoms with van der Waals surface area (Å²) >= 11 is 0. The predicted octanol–water partition coefficient (Wildman–Crippen LogP) is 5.98. The molecule has 1 aromatic carbocycles. The van der Waals surface area contributed by atoms with Crippen LogP contribution in [0, 0.1) is 17.3 Å². The van der Waals surface area contributed by atoms with Crippen LogP contribution in [0.15, 0.2) is 59.2 Å². The number of hydrogen-bond acceptors (Lipinski definition) is 3. The summed E-state index contributed by atoms with van der Waals surface area (Å²) in [5.74, 6) is 2.02. The minimum absolute atomic E-state index is 0.0890. The Hall–Kier alpha value is -2.13. The molecule has 0 aromatic heterocycles. The van der Waals surface area contributed by atoms with E-state index < -0.39 is 0 Å². The van der Waals surface area contributed by atoms with E-state index in [1.807, 2.05) is 6.08 Å². The Labute approximate surface area is 192 Å². The van der Waals surface area contributed by atoms with Gasteiger partial charge in [0.25, 0.3) is 0 Å². The lowest BCUT2D eigenvalue weighted by molar-refractivity contribution is -0.114. The molecule has 0 amide bonds. The van der Waals surface area contributed by atoms with Gasteiger partial charge in [0.2, 0.25) is 0 Å². The second-order valence-electron chi connectivity index (χ2n) is 11.1. The van der Waals surface area contributed by atoms with E-state index in [9.17, 15) is 4.79 Å². The standard InChI is InChI=1S/C29H35NO2/c1-28-18-25(19-5-8-21(9-6-19)30(2)3)27-23-12-10-22(31)17-20(23)7-11-24(27)26(28)13-15-29(28)14-4-16-32-29/h4-6,8-9,14,17,24-26H,7,10-13,15-16,18H2,1-3H3/t24-,25+,26-,28-,29-/m0/s1. The van der Waals surface area contributed by atoms with Crippen molar-refractivity contribution in [2.75, 3.05) is 25.6 Å². The maximum Gasteiger partial charge on any atom is 0.156 e. The molecule has 2 fully saturated rings. The van der Waals surface area contributed by atoms with Gasteiger partial charge >= 0.3 is 0 Å². The summed E-state index contributed by atoms with van der Waals surface area (Å²) in [7, 11) is 4.20. The zero-order valence-corrected chi connectivity index (χ0v) is 19.7. The molecule has 0 N–H and O–H groups in total. The summed E-state index contributed by atoms with van der Waals surface area (Å²) in [6.07, 6.45) is 14.0. The van der Waals surface area contributed by atoms with Crippen molar-refractivity contribution in [3.05, 3.63) is 64.8 Å². The third kappa shape index (κ3) is 2.79. The maximum absolute atomic E-state index is 12.2. The summed E-state index contributed by atoms with van der Waals surface area (Å²) < 4.78 is 6.52. The molecule has 3 heteroatoms. The van der Waals surface area contributed by atoms with Crippen LogP contribution in [0.1, 0.15) is 63.4 Å². The molecule has 1 aromatic rings. The van der Waals surface area contributed by atoms with E-state index in [2.05, 4.69) is 62.3 Å². The van der Waals surface area contributed by atoms with E-state index in [1.54, 1.807) is 5.57 Å². The van der Waals surface area contributed by atoms with Crippen LogP contribution in [-0.2, 0) is 9.53 Å². The van der Waals surface area contributed by atoms with Gasteiger partial charge in [-0.2, -0.15) is 0 Å². The molecule has 0 saturated heterocycles. The van der Waals surface area contributed by atoms with E-state index in [4.69, 9.17) is 4.74 Å². The highest BCUT2D eigenvalue weighted by molar-refractivity contribution is 5.93. The fourth-order valence-corrected chi connectivity index (χ4v) is 7.98. The van der Waals surface area contributed by atoms with Crippen molar-refractivity contribution >= 4 is 11.5 Å². The molecule has 0 radical (unpaired) electrons. The molecule has 1 heterocycles. The minimum atomic E-state index is -0.0890. The normalized spacial score (nSPS) is 37.9. The Bertz CT molecular complexity index is 1050. The van der Waals surface area contributed by atoms with Crippen molar-refractivity contribution < 1.29 is 9.53 Å². The number of ether oxygens (including phenoxy) is 1. The molecule has 0 unspecified atom stereocenters. The Balaban J connectivity index is 1.50. The number of ketones is 1. The number of benzene rings is 1. The molecule has 1 spiro atoms. The van der Waals surface area contributed by atoms with Crippen LogP contribution in [0.5, 0.6) is 0 Å². The number of carbonyl (C=O) groups is 1. The van der Waals surface area contributed by atoms with Gasteiger partial charge in [0, 0.05) is 37.5 Å². The topological polar surface area (TPSA) is 29.5 Å². The van der Waals surface area contributed by atoms with Gasteiger partial charge in [0.05, 0.1) is 12.2 Å². The van der Waals surface area contributed by atoms with E-state index in [0.717, 1.165) is 32.3 Å². The number of anilines is 1. The van der Waals surface area contributed by atoms with Crippen LogP contribution in [0.25, 0.3) is 0 Å². The third-order valence-corrected chi connectivity index (χ3v) is 9.55. The predicted molar refractivity (Wildman–Crippen MR) is 129 cm³/mol. The summed E-state index contributed by atoms with van der Waals surface area (Å²) in [4.78, 5) is 14.4. The largest absolute Gasteiger partial charge is 0.378 e. The molecule has 1 aliphatic heterocycles. The van der Waals surface area contributed by atoms with Gasteiger partial charge < -0.3 is 9.64 Å². The van der Waals surface area contributed by atoms with Gasteiger partial charge in [-0.3, -0.25) is 4.79 Å². The number of hydrogen-bond donors (Lipinski definition) is 0. The summed E-state index contributed by atoms with van der Waals surface area (Å²) in [5.41, 5.74) is 7.30. The number of carbonyl (C=O) groups excluding carboxylic acids is 1. The first-order valence-electron chi connectivity index (χ1n) is 12.5. The molecular weight excluding hydrogens is 394 g/mol. The molecule has 32 heavy (non-hydrogen) atoms. The summed E-state index contributed by atoms with van der Waals surface area (Å²) in [6, 6.07) is 9.25.